The molecule has 1 N–H and O–H groups in total. The van der Waals surface area contributed by atoms with Gasteiger partial charge >= 0.3 is 0 Å². The first kappa shape index (κ1) is 12.4. The van der Waals surface area contributed by atoms with Crippen LogP contribution in [0.4, 0.5) is 0 Å². The molecule has 0 saturated heterocycles. The minimum absolute atomic E-state index is 0.658. The van der Waals surface area contributed by atoms with Crippen LogP contribution in [-0.4, -0.2) is 13.1 Å². The Morgan fingerprint density at radius 1 is 1.31 bits per heavy atom. The van der Waals surface area contributed by atoms with Crippen molar-refractivity contribution in [1.29, 1.82) is 0 Å². The third kappa shape index (κ3) is 3.45. The zero-order valence-corrected chi connectivity index (χ0v) is 12.0. The topological polar surface area (TPSA) is 12.0 Å². The van der Waals surface area contributed by atoms with Crippen LogP contribution in [0.15, 0.2) is 24.3 Å². The van der Waals surface area contributed by atoms with Crippen molar-refractivity contribution in [2.75, 3.05) is 7.05 Å². The van der Waals surface area contributed by atoms with Crippen molar-refractivity contribution in [3.63, 3.8) is 0 Å². The summed E-state index contributed by atoms with van der Waals surface area (Å²) in [4.78, 5) is 0. The number of halogens is 1. The van der Waals surface area contributed by atoms with Crippen molar-refractivity contribution in [1.82, 2.24) is 5.32 Å². The molecule has 1 aromatic carbocycles. The first-order chi connectivity index (χ1) is 7.78. The third-order valence-corrected chi connectivity index (χ3v) is 4.37. The van der Waals surface area contributed by atoms with E-state index < -0.39 is 0 Å². The van der Waals surface area contributed by atoms with E-state index in [4.69, 9.17) is 0 Å². The highest BCUT2D eigenvalue weighted by molar-refractivity contribution is 14.1. The van der Waals surface area contributed by atoms with Gasteiger partial charge in [0.05, 0.1) is 0 Å². The van der Waals surface area contributed by atoms with Crippen LogP contribution in [0.2, 0.25) is 0 Å². The normalized spacial score (nSPS) is 18.1. The van der Waals surface area contributed by atoms with Crippen molar-refractivity contribution in [3.8, 4) is 0 Å². The average molecular weight is 329 g/mol. The van der Waals surface area contributed by atoms with Crippen LogP contribution >= 0.6 is 22.6 Å². The molecule has 0 heterocycles. The van der Waals surface area contributed by atoms with Gasteiger partial charge in [0.25, 0.3) is 0 Å². The highest BCUT2D eigenvalue weighted by Gasteiger charge is 2.21. The molecule has 1 aliphatic carbocycles. The van der Waals surface area contributed by atoms with Crippen molar-refractivity contribution in [3.05, 3.63) is 33.4 Å². The van der Waals surface area contributed by atoms with Crippen LogP contribution in [0.1, 0.15) is 31.2 Å². The van der Waals surface area contributed by atoms with Crippen LogP contribution < -0.4 is 5.32 Å². The first-order valence-corrected chi connectivity index (χ1v) is 7.27. The Balaban J connectivity index is 1.87. The molecule has 88 valence electrons. The van der Waals surface area contributed by atoms with E-state index in [1.54, 1.807) is 0 Å². The molecule has 1 saturated carbocycles. The Bertz CT molecular complexity index is 316. The lowest BCUT2D eigenvalue weighted by Crippen LogP contribution is -2.31. The van der Waals surface area contributed by atoms with Crippen molar-refractivity contribution in [2.45, 2.75) is 38.1 Å². The van der Waals surface area contributed by atoms with Gasteiger partial charge in [-0.2, -0.15) is 0 Å². The number of rotatable bonds is 5. The highest BCUT2D eigenvalue weighted by atomic mass is 127. The van der Waals surface area contributed by atoms with Crippen LogP contribution in [0.5, 0.6) is 0 Å². The Morgan fingerprint density at radius 3 is 2.50 bits per heavy atom. The summed E-state index contributed by atoms with van der Waals surface area (Å²) >= 11 is 2.36. The van der Waals surface area contributed by atoms with Gasteiger partial charge in [-0.1, -0.05) is 31.4 Å². The second-order valence-corrected chi connectivity index (χ2v) is 6.09. The van der Waals surface area contributed by atoms with Crippen LogP contribution in [0, 0.1) is 9.49 Å². The molecule has 1 aromatic rings. The molecule has 0 spiro atoms. The lowest BCUT2D eigenvalue weighted by molar-refractivity contribution is 0.263. The molecule has 0 aromatic heterocycles. The summed E-state index contributed by atoms with van der Waals surface area (Å²) in [5.41, 5.74) is 1.46. The molecule has 0 aliphatic heterocycles. The van der Waals surface area contributed by atoms with Gasteiger partial charge in [0, 0.05) is 9.61 Å². The fraction of sp³-hybridized carbons (Fsp3) is 0.571. The maximum absolute atomic E-state index is 3.46. The van der Waals surface area contributed by atoms with E-state index in [-0.39, 0.29) is 0 Å². The fourth-order valence-electron chi connectivity index (χ4n) is 2.34. The predicted molar refractivity (Wildman–Crippen MR) is 77.7 cm³/mol. The van der Waals surface area contributed by atoms with E-state index in [1.807, 2.05) is 0 Å². The van der Waals surface area contributed by atoms with E-state index in [2.05, 4.69) is 59.2 Å². The average Bonchev–Trinajstić information content (AvgIpc) is 2.24. The zero-order chi connectivity index (χ0) is 11.4. The zero-order valence-electron chi connectivity index (χ0n) is 9.88. The summed E-state index contributed by atoms with van der Waals surface area (Å²) in [6.45, 7) is 0. The van der Waals surface area contributed by atoms with Gasteiger partial charge in [-0.25, -0.2) is 0 Å². The second kappa shape index (κ2) is 6.01. The van der Waals surface area contributed by atoms with Gasteiger partial charge in [-0.3, -0.25) is 0 Å². The molecule has 0 bridgehead atoms. The molecular formula is C14H20IN. The van der Waals surface area contributed by atoms with E-state index >= 15 is 0 Å². The van der Waals surface area contributed by atoms with E-state index in [9.17, 15) is 0 Å². The molecule has 0 radical (unpaired) electrons. The fourth-order valence-corrected chi connectivity index (χ4v) is 2.70. The monoisotopic (exact) mass is 329 g/mol. The van der Waals surface area contributed by atoms with Crippen molar-refractivity contribution < 1.29 is 0 Å². The van der Waals surface area contributed by atoms with Crippen LogP contribution in [0.3, 0.4) is 0 Å². The summed E-state index contributed by atoms with van der Waals surface area (Å²) < 4.78 is 1.32. The van der Waals surface area contributed by atoms with Gasteiger partial charge < -0.3 is 5.32 Å². The SMILES string of the molecule is CNC(Cc1ccc(I)cc1)CC1CCC1. The summed E-state index contributed by atoms with van der Waals surface area (Å²) in [6.07, 6.45) is 6.87. The van der Waals surface area contributed by atoms with E-state index in [1.165, 1.54) is 41.2 Å². The standard InChI is InChI=1S/C14H20IN/c1-16-14(9-11-3-2-4-11)10-12-5-7-13(15)8-6-12/h5-8,11,14,16H,2-4,9-10H2,1H3. The van der Waals surface area contributed by atoms with Gasteiger partial charge in [0.15, 0.2) is 0 Å². The lowest BCUT2D eigenvalue weighted by atomic mass is 9.80. The molecule has 1 atom stereocenters. The summed E-state index contributed by atoms with van der Waals surface area (Å²) in [5, 5.41) is 3.46. The largest absolute Gasteiger partial charge is 0.317 e. The summed E-state index contributed by atoms with van der Waals surface area (Å²) in [5.74, 6) is 0.987. The lowest BCUT2D eigenvalue weighted by Gasteiger charge is -2.29. The Kier molecular flexibility index (Phi) is 4.65. The van der Waals surface area contributed by atoms with Crippen molar-refractivity contribution >= 4 is 22.6 Å². The van der Waals surface area contributed by atoms with Crippen LogP contribution in [-0.2, 0) is 6.42 Å². The molecule has 2 heteroatoms. The minimum Gasteiger partial charge on any atom is -0.317 e. The molecule has 1 nitrogen and oxygen atoms in total. The Labute approximate surface area is 112 Å². The number of hydrogen-bond donors (Lipinski definition) is 1. The molecule has 1 fully saturated rings. The molecule has 2 rings (SSSR count). The quantitative estimate of drug-likeness (QED) is 0.814. The van der Waals surface area contributed by atoms with E-state index in [0.717, 1.165) is 5.92 Å². The van der Waals surface area contributed by atoms with Gasteiger partial charge in [0.1, 0.15) is 0 Å². The number of nitrogens with one attached hydrogen (secondary N) is 1. The van der Waals surface area contributed by atoms with Gasteiger partial charge in [0.2, 0.25) is 0 Å². The number of hydrogen-bond acceptors (Lipinski definition) is 1. The van der Waals surface area contributed by atoms with E-state index in [0.29, 0.717) is 6.04 Å². The van der Waals surface area contributed by atoms with Gasteiger partial charge in [-0.05, 0) is 66.1 Å². The summed E-state index contributed by atoms with van der Waals surface area (Å²) in [6, 6.07) is 9.57. The second-order valence-electron chi connectivity index (χ2n) is 4.85. The number of likely N-dealkylation sites (N-methyl/N-ethyl adjacent to an activating group) is 1. The molecule has 1 aliphatic rings. The summed E-state index contributed by atoms with van der Waals surface area (Å²) in [7, 11) is 2.09. The molecule has 0 amide bonds. The first-order valence-electron chi connectivity index (χ1n) is 6.19. The molecule has 16 heavy (non-hydrogen) atoms. The highest BCUT2D eigenvalue weighted by Crippen LogP contribution is 2.31. The maximum atomic E-state index is 3.46. The van der Waals surface area contributed by atoms with Crippen molar-refractivity contribution in [2.24, 2.45) is 5.92 Å². The minimum atomic E-state index is 0.658. The Hall–Kier alpha value is -0.0900. The number of benzene rings is 1. The Morgan fingerprint density at radius 2 is 2.00 bits per heavy atom. The van der Waals surface area contributed by atoms with Crippen LogP contribution in [0.25, 0.3) is 0 Å². The molecule has 1 unspecified atom stereocenters. The smallest absolute Gasteiger partial charge is 0.0130 e. The third-order valence-electron chi connectivity index (χ3n) is 3.65. The maximum Gasteiger partial charge on any atom is 0.0130 e. The molecular weight excluding hydrogens is 309 g/mol. The predicted octanol–water partition coefficient (Wildman–Crippen LogP) is 3.61. The van der Waals surface area contributed by atoms with Gasteiger partial charge in [-0.15, -0.1) is 0 Å².